The number of nitrogens with zero attached hydrogens (tertiary/aromatic N) is 2. The summed E-state index contributed by atoms with van der Waals surface area (Å²) in [5.41, 5.74) is 2.96. The van der Waals surface area contributed by atoms with Crippen molar-refractivity contribution in [2.24, 2.45) is 0 Å². The van der Waals surface area contributed by atoms with Gasteiger partial charge in [-0.3, -0.25) is 14.9 Å². The van der Waals surface area contributed by atoms with Crippen LogP contribution in [0.2, 0.25) is 0 Å². The van der Waals surface area contributed by atoms with Crippen LogP contribution in [0, 0.1) is 5.41 Å². The Balaban J connectivity index is 1.77. The molecule has 8 nitrogen and oxygen atoms in total. The predicted octanol–water partition coefficient (Wildman–Crippen LogP) is 5.01. The molecule has 0 spiro atoms. The maximum atomic E-state index is 13.6. The zero-order chi connectivity index (χ0) is 27.7. The SMILES string of the molecule is CCCS(=O)(=O)Nc1cc(C(=O)Cn2c(=N)n(Cc3ccccc3)c3ccccc32)cc(C(C)(C)C)c1O. The van der Waals surface area contributed by atoms with E-state index in [2.05, 4.69) is 4.72 Å². The number of carbonyl (C=O) groups is 1. The van der Waals surface area contributed by atoms with Crippen molar-refractivity contribution >= 4 is 32.5 Å². The standard InChI is InChI=1S/C29H34N4O4S/c1-5-15-38(36,37)31-23-17-21(16-22(27(23)35)29(2,3)4)26(34)19-33-25-14-10-9-13-24(25)32(28(33)30)18-20-11-7-6-8-12-20/h6-14,16-17,30-31,35H,5,15,18-19H2,1-4H3. The number of fused-ring (bicyclic) bond motifs is 1. The quantitative estimate of drug-likeness (QED) is 0.207. The van der Waals surface area contributed by atoms with Crippen LogP contribution in [-0.2, 0) is 28.5 Å². The normalized spacial score (nSPS) is 12.1. The molecule has 1 aromatic heterocycles. The van der Waals surface area contributed by atoms with Crippen molar-refractivity contribution in [1.29, 1.82) is 5.41 Å². The monoisotopic (exact) mass is 534 g/mol. The van der Waals surface area contributed by atoms with Crippen LogP contribution >= 0.6 is 0 Å². The molecule has 3 aromatic carbocycles. The Kier molecular flexibility index (Phi) is 7.51. The third-order valence-corrected chi connectivity index (χ3v) is 7.91. The summed E-state index contributed by atoms with van der Waals surface area (Å²) in [4.78, 5) is 13.6. The second-order valence-corrected chi connectivity index (χ2v) is 12.3. The Morgan fingerprint density at radius 2 is 1.58 bits per heavy atom. The number of sulfonamides is 1. The zero-order valence-electron chi connectivity index (χ0n) is 22.2. The Hall–Kier alpha value is -3.85. The molecule has 4 aromatic rings. The minimum atomic E-state index is -3.69. The summed E-state index contributed by atoms with van der Waals surface area (Å²) in [5, 5.41) is 19.8. The van der Waals surface area contributed by atoms with Gasteiger partial charge in [-0.25, -0.2) is 8.42 Å². The number of anilines is 1. The maximum absolute atomic E-state index is 13.6. The van der Waals surface area contributed by atoms with Crippen molar-refractivity contribution in [2.75, 3.05) is 10.5 Å². The molecular formula is C29H34N4O4S. The Morgan fingerprint density at radius 1 is 0.974 bits per heavy atom. The van der Waals surface area contributed by atoms with Crippen LogP contribution < -0.4 is 10.3 Å². The van der Waals surface area contributed by atoms with E-state index in [0.29, 0.717) is 18.5 Å². The Bertz CT molecular complexity index is 1650. The predicted molar refractivity (Wildman–Crippen MR) is 150 cm³/mol. The molecule has 0 saturated carbocycles. The molecule has 0 aliphatic carbocycles. The summed E-state index contributed by atoms with van der Waals surface area (Å²) in [7, 11) is -3.69. The fourth-order valence-electron chi connectivity index (χ4n) is 4.55. The van der Waals surface area contributed by atoms with Crippen LogP contribution in [0.5, 0.6) is 5.75 Å². The number of imidazole rings is 1. The topological polar surface area (TPSA) is 117 Å². The van der Waals surface area contributed by atoms with Gasteiger partial charge < -0.3 is 14.2 Å². The molecule has 0 aliphatic heterocycles. The molecule has 0 aliphatic rings. The Labute approximate surface area is 223 Å². The minimum absolute atomic E-state index is 0.0168. The van der Waals surface area contributed by atoms with Gasteiger partial charge in [-0.1, -0.05) is 70.2 Å². The number of hydrogen-bond donors (Lipinski definition) is 3. The van der Waals surface area contributed by atoms with Crippen molar-refractivity contribution < 1.29 is 18.3 Å². The lowest BCUT2D eigenvalue weighted by Crippen LogP contribution is -2.28. The number of carbonyl (C=O) groups excluding carboxylic acids is 1. The van der Waals surface area contributed by atoms with Gasteiger partial charge in [-0.05, 0) is 41.7 Å². The smallest absolute Gasteiger partial charge is 0.232 e. The van der Waals surface area contributed by atoms with E-state index in [4.69, 9.17) is 5.41 Å². The van der Waals surface area contributed by atoms with Gasteiger partial charge >= 0.3 is 0 Å². The molecule has 3 N–H and O–H groups in total. The van der Waals surface area contributed by atoms with Crippen LogP contribution in [0.25, 0.3) is 11.0 Å². The zero-order valence-corrected chi connectivity index (χ0v) is 23.0. The molecular weight excluding hydrogens is 500 g/mol. The highest BCUT2D eigenvalue weighted by Crippen LogP contribution is 2.38. The molecule has 200 valence electrons. The molecule has 9 heteroatoms. The van der Waals surface area contributed by atoms with Crippen LogP contribution in [0.3, 0.4) is 0 Å². The van der Waals surface area contributed by atoms with E-state index in [-0.39, 0.29) is 40.7 Å². The molecule has 0 saturated heterocycles. The Morgan fingerprint density at radius 3 is 2.18 bits per heavy atom. The number of hydrogen-bond acceptors (Lipinski definition) is 5. The van der Waals surface area contributed by atoms with E-state index < -0.39 is 15.4 Å². The number of aromatic nitrogens is 2. The lowest BCUT2D eigenvalue weighted by atomic mass is 9.84. The van der Waals surface area contributed by atoms with Gasteiger partial charge in [-0.15, -0.1) is 0 Å². The number of aromatic hydroxyl groups is 1. The number of rotatable bonds is 9. The van der Waals surface area contributed by atoms with E-state index in [1.165, 1.54) is 6.07 Å². The van der Waals surface area contributed by atoms with E-state index in [1.54, 1.807) is 17.6 Å². The summed E-state index contributed by atoms with van der Waals surface area (Å²) in [6.45, 7) is 7.77. The van der Waals surface area contributed by atoms with Crippen LogP contribution in [0.4, 0.5) is 5.69 Å². The molecule has 0 atom stereocenters. The van der Waals surface area contributed by atoms with Gasteiger partial charge in [0.05, 0.1) is 35.6 Å². The second kappa shape index (κ2) is 10.5. The van der Waals surface area contributed by atoms with Crippen molar-refractivity contribution in [3.05, 3.63) is 89.0 Å². The summed E-state index contributed by atoms with van der Waals surface area (Å²) >= 11 is 0. The lowest BCUT2D eigenvalue weighted by molar-refractivity contribution is 0.0971. The van der Waals surface area contributed by atoms with Gasteiger partial charge in [0, 0.05) is 11.1 Å². The van der Waals surface area contributed by atoms with Crippen LogP contribution in [-0.4, -0.2) is 34.2 Å². The summed E-state index contributed by atoms with van der Waals surface area (Å²) in [6, 6.07) is 20.4. The number of para-hydroxylation sites is 2. The number of ketones is 1. The fraction of sp³-hybridized carbons (Fsp3) is 0.310. The molecule has 0 unspecified atom stereocenters. The number of nitrogens with one attached hydrogen (secondary N) is 2. The summed E-state index contributed by atoms with van der Waals surface area (Å²) in [6.07, 6.45) is 0.413. The first-order chi connectivity index (χ1) is 17.9. The highest BCUT2D eigenvalue weighted by molar-refractivity contribution is 7.92. The second-order valence-electron chi connectivity index (χ2n) is 10.5. The number of phenolic OH excluding ortho intramolecular Hbond substituents is 1. The minimum Gasteiger partial charge on any atom is -0.505 e. The molecule has 0 bridgehead atoms. The van der Waals surface area contributed by atoms with Crippen LogP contribution in [0.15, 0.2) is 66.7 Å². The third-order valence-electron chi connectivity index (χ3n) is 6.44. The van der Waals surface area contributed by atoms with Gasteiger partial charge in [-0.2, -0.15) is 0 Å². The lowest BCUT2D eigenvalue weighted by Gasteiger charge is -2.23. The number of benzene rings is 3. The molecule has 38 heavy (non-hydrogen) atoms. The number of Topliss-reactive ketones (excluding diaryl/α,β-unsaturated/α-hetero) is 1. The first-order valence-electron chi connectivity index (χ1n) is 12.6. The molecule has 0 fully saturated rings. The van der Waals surface area contributed by atoms with Gasteiger partial charge in [0.25, 0.3) is 0 Å². The van der Waals surface area contributed by atoms with Gasteiger partial charge in [0.1, 0.15) is 5.75 Å². The van der Waals surface area contributed by atoms with Gasteiger partial charge in [0.2, 0.25) is 15.6 Å². The van der Waals surface area contributed by atoms with Gasteiger partial charge in [0.15, 0.2) is 5.78 Å². The first-order valence-corrected chi connectivity index (χ1v) is 14.2. The van der Waals surface area contributed by atoms with Crippen LogP contribution in [0.1, 0.15) is 55.6 Å². The summed E-state index contributed by atoms with van der Waals surface area (Å²) in [5.74, 6) is -0.594. The van der Waals surface area contributed by atoms with Crippen molar-refractivity contribution in [2.45, 2.75) is 52.6 Å². The highest BCUT2D eigenvalue weighted by atomic mass is 32.2. The largest absolute Gasteiger partial charge is 0.505 e. The van der Waals surface area contributed by atoms with E-state index >= 15 is 0 Å². The van der Waals surface area contributed by atoms with E-state index in [9.17, 15) is 18.3 Å². The maximum Gasteiger partial charge on any atom is 0.232 e. The number of phenols is 1. The molecule has 0 radical (unpaired) electrons. The van der Waals surface area contributed by atoms with Crippen molar-refractivity contribution in [1.82, 2.24) is 9.13 Å². The molecule has 4 rings (SSSR count). The average molecular weight is 535 g/mol. The van der Waals surface area contributed by atoms with Crippen molar-refractivity contribution in [3.63, 3.8) is 0 Å². The molecule has 1 heterocycles. The van der Waals surface area contributed by atoms with E-state index in [0.717, 1.165) is 16.6 Å². The average Bonchev–Trinajstić information content (AvgIpc) is 3.11. The molecule has 0 amide bonds. The van der Waals surface area contributed by atoms with E-state index in [1.807, 2.05) is 79.9 Å². The third kappa shape index (κ3) is 5.67. The first kappa shape index (κ1) is 27.2. The fourth-order valence-corrected chi connectivity index (χ4v) is 5.68. The van der Waals surface area contributed by atoms with Crippen molar-refractivity contribution in [3.8, 4) is 5.75 Å². The highest BCUT2D eigenvalue weighted by Gasteiger charge is 2.25. The summed E-state index contributed by atoms with van der Waals surface area (Å²) < 4.78 is 31.0.